The van der Waals surface area contributed by atoms with Crippen molar-refractivity contribution in [3.05, 3.63) is 34.7 Å². The smallest absolute Gasteiger partial charge is 0.490 e. The second kappa shape index (κ2) is 8.72. The summed E-state index contributed by atoms with van der Waals surface area (Å²) in [6.07, 6.45) is 1.11. The van der Waals surface area contributed by atoms with Crippen LogP contribution < -0.4 is 18.9 Å². The largest absolute Gasteiger partial charge is 1.00 e. The Labute approximate surface area is 145 Å². The molecule has 0 aliphatic heterocycles. The van der Waals surface area contributed by atoms with Crippen molar-refractivity contribution < 1.29 is 27.3 Å². The van der Waals surface area contributed by atoms with Gasteiger partial charge in [0, 0.05) is 5.41 Å². The minimum atomic E-state index is -3.77. The standard InChI is InChI=1S/C16H17N2O2S.Li/c1-14-8-10-15(11-9-14)21(19,20)18-17-13-7-5-6-12-16(2,3)4;/h8-11,13H,1-4H3;/q-1;+1/b17-13+;. The van der Waals surface area contributed by atoms with Crippen LogP contribution >= 0.6 is 0 Å². The van der Waals surface area contributed by atoms with Crippen LogP contribution in [0.4, 0.5) is 0 Å². The van der Waals surface area contributed by atoms with Gasteiger partial charge < -0.3 is 9.93 Å². The average Bonchev–Trinajstić information content (AvgIpc) is 2.36. The quantitative estimate of drug-likeness (QED) is 0.344. The third-order valence-corrected chi connectivity index (χ3v) is 3.35. The van der Waals surface area contributed by atoms with Crippen LogP contribution in [0.3, 0.4) is 0 Å². The minimum absolute atomic E-state index is 0. The first kappa shape index (κ1) is 20.4. The van der Waals surface area contributed by atoms with Crippen LogP contribution in [0.5, 0.6) is 0 Å². The van der Waals surface area contributed by atoms with E-state index in [0.717, 1.165) is 11.8 Å². The van der Waals surface area contributed by atoms with E-state index in [4.69, 9.17) is 0 Å². The van der Waals surface area contributed by atoms with E-state index >= 15 is 0 Å². The molecule has 0 unspecified atom stereocenters. The van der Waals surface area contributed by atoms with Gasteiger partial charge in [0.2, 0.25) is 0 Å². The molecule has 0 aromatic heterocycles. The van der Waals surface area contributed by atoms with Gasteiger partial charge in [0.1, 0.15) is 10.0 Å². The summed E-state index contributed by atoms with van der Waals surface area (Å²) in [6.45, 7) is 7.79. The molecule has 1 aromatic rings. The summed E-state index contributed by atoms with van der Waals surface area (Å²) in [5.74, 6) is 10.7. The van der Waals surface area contributed by atoms with Crippen LogP contribution in [-0.4, -0.2) is 14.6 Å². The maximum atomic E-state index is 11.8. The predicted octanol–water partition coefficient (Wildman–Crippen LogP) is 0.100. The van der Waals surface area contributed by atoms with Crippen molar-refractivity contribution in [2.45, 2.75) is 32.6 Å². The summed E-state index contributed by atoms with van der Waals surface area (Å²) in [7, 11) is -3.77. The van der Waals surface area contributed by atoms with Gasteiger partial charge in [-0.05, 0) is 57.6 Å². The molecule has 0 amide bonds. The molecule has 0 aliphatic carbocycles. The topological polar surface area (TPSA) is 60.6 Å². The molecule has 1 rings (SSSR count). The second-order valence-corrected chi connectivity index (χ2v) is 6.97. The van der Waals surface area contributed by atoms with Crippen LogP contribution in [-0.2, 0) is 10.0 Å². The first-order valence-corrected chi connectivity index (χ1v) is 7.73. The van der Waals surface area contributed by atoms with Crippen LogP contribution in [0.2, 0.25) is 0 Å². The van der Waals surface area contributed by atoms with Crippen LogP contribution in [0, 0.1) is 36.0 Å². The van der Waals surface area contributed by atoms with E-state index in [-0.39, 0.29) is 29.2 Å². The summed E-state index contributed by atoms with van der Waals surface area (Å²) in [6, 6.07) is 6.39. The molecule has 0 heterocycles. The van der Waals surface area contributed by atoms with Gasteiger partial charge in [0.05, 0.1) is 11.1 Å². The Balaban J connectivity index is 0.00000441. The number of nitrogens with zero attached hydrogens (tertiary/aromatic N) is 2. The molecule has 0 radical (unpaired) electrons. The van der Waals surface area contributed by atoms with Gasteiger partial charge in [-0.2, -0.15) is 0 Å². The minimum Gasteiger partial charge on any atom is -0.490 e. The third-order valence-electron chi connectivity index (χ3n) is 2.17. The van der Waals surface area contributed by atoms with E-state index in [1.807, 2.05) is 27.7 Å². The monoisotopic (exact) mass is 308 g/mol. The molecule has 6 heteroatoms. The molecule has 0 atom stereocenters. The molecule has 22 heavy (non-hydrogen) atoms. The first-order valence-electron chi connectivity index (χ1n) is 6.29. The molecule has 4 nitrogen and oxygen atoms in total. The van der Waals surface area contributed by atoms with Crippen molar-refractivity contribution in [1.29, 1.82) is 0 Å². The normalized spacial score (nSPS) is 10.7. The van der Waals surface area contributed by atoms with E-state index in [1.165, 1.54) is 12.1 Å². The fourth-order valence-electron chi connectivity index (χ4n) is 1.16. The molecule has 0 bridgehead atoms. The molecular formula is C16H17LiN2O2S. The molecule has 0 N–H and O–H groups in total. The fourth-order valence-corrected chi connectivity index (χ4v) is 1.90. The molecule has 0 saturated carbocycles. The van der Waals surface area contributed by atoms with Crippen molar-refractivity contribution in [2.24, 2.45) is 10.5 Å². The van der Waals surface area contributed by atoms with Gasteiger partial charge >= 0.3 is 18.9 Å². The number of rotatable bonds is 3. The molecule has 110 valence electrons. The summed E-state index contributed by atoms with van der Waals surface area (Å²) in [5, 5.41) is 3.45. The number of hydrogen-bond donors (Lipinski definition) is 0. The second-order valence-electron chi connectivity index (χ2n) is 5.38. The van der Waals surface area contributed by atoms with Gasteiger partial charge in [-0.15, -0.1) is 0 Å². The van der Waals surface area contributed by atoms with Gasteiger partial charge in [-0.1, -0.05) is 23.6 Å². The number of sulfonamides is 1. The zero-order valence-corrected chi connectivity index (χ0v) is 14.3. The Bertz CT molecular complexity index is 738. The maximum absolute atomic E-state index is 11.8. The molecule has 0 saturated heterocycles. The molecule has 0 fully saturated rings. The van der Waals surface area contributed by atoms with Crippen molar-refractivity contribution in [3.63, 3.8) is 0 Å². The molecular weight excluding hydrogens is 291 g/mol. The Hall–Kier alpha value is -1.64. The van der Waals surface area contributed by atoms with E-state index < -0.39 is 10.0 Å². The summed E-state index contributed by atoms with van der Waals surface area (Å²) < 4.78 is 23.6. The number of benzene rings is 1. The van der Waals surface area contributed by atoms with Gasteiger partial charge in [-0.25, -0.2) is 8.42 Å². The van der Waals surface area contributed by atoms with Crippen molar-refractivity contribution in [2.75, 3.05) is 0 Å². The number of aryl methyl sites for hydroxylation is 1. The molecule has 1 aromatic carbocycles. The number of hydrogen-bond acceptors (Lipinski definition) is 3. The zero-order chi connectivity index (χ0) is 15.9. The van der Waals surface area contributed by atoms with Crippen LogP contribution in [0.25, 0.3) is 4.83 Å². The fraction of sp³-hybridized carbons (Fsp3) is 0.312. The summed E-state index contributed by atoms with van der Waals surface area (Å²) >= 11 is 0. The summed E-state index contributed by atoms with van der Waals surface area (Å²) in [4.78, 5) is 3.40. The maximum Gasteiger partial charge on any atom is 1.00 e. The third kappa shape index (κ3) is 7.96. The van der Waals surface area contributed by atoms with Crippen LogP contribution in [0.15, 0.2) is 34.3 Å². The van der Waals surface area contributed by atoms with E-state index in [2.05, 4.69) is 33.6 Å². The zero-order valence-electron chi connectivity index (χ0n) is 13.5. The van der Waals surface area contributed by atoms with Crippen molar-refractivity contribution in [3.8, 4) is 23.7 Å². The van der Waals surface area contributed by atoms with Crippen molar-refractivity contribution in [1.82, 2.24) is 0 Å². The van der Waals surface area contributed by atoms with Gasteiger partial charge in [0.25, 0.3) is 0 Å². The summed E-state index contributed by atoms with van der Waals surface area (Å²) in [5.41, 5.74) is 0.853. The van der Waals surface area contributed by atoms with E-state index in [9.17, 15) is 8.42 Å². The molecule has 0 spiro atoms. The SMILES string of the molecule is Cc1ccc(S(=O)(=O)[N-]/N=C/C#CC#CC(C)(C)C)cc1.[Li+]. The predicted molar refractivity (Wildman–Crippen MR) is 85.2 cm³/mol. The molecule has 0 aliphatic rings. The van der Waals surface area contributed by atoms with E-state index in [1.54, 1.807) is 12.1 Å². The Morgan fingerprint density at radius 1 is 1.14 bits per heavy atom. The van der Waals surface area contributed by atoms with Crippen molar-refractivity contribution >= 4 is 16.2 Å². The average molecular weight is 308 g/mol. The van der Waals surface area contributed by atoms with Crippen LogP contribution in [0.1, 0.15) is 26.3 Å². The van der Waals surface area contributed by atoms with Gasteiger partial charge in [0.15, 0.2) is 0 Å². The Morgan fingerprint density at radius 2 is 1.73 bits per heavy atom. The Kier molecular flexibility index (Phi) is 8.07. The Morgan fingerprint density at radius 3 is 2.27 bits per heavy atom. The first-order chi connectivity index (χ1) is 9.71. The van der Waals surface area contributed by atoms with Gasteiger partial charge in [-0.3, -0.25) is 0 Å². The van der Waals surface area contributed by atoms with E-state index in [0.29, 0.717) is 0 Å².